The van der Waals surface area contributed by atoms with E-state index in [0.717, 1.165) is 23.8 Å². The minimum absolute atomic E-state index is 0.00204. The van der Waals surface area contributed by atoms with Gasteiger partial charge in [-0.25, -0.2) is 13.2 Å². The molecule has 0 aliphatic carbocycles. The van der Waals surface area contributed by atoms with Crippen molar-refractivity contribution in [3.05, 3.63) is 70.5 Å². The molecule has 2 unspecified atom stereocenters. The van der Waals surface area contributed by atoms with Crippen molar-refractivity contribution in [3.8, 4) is 0 Å². The third kappa shape index (κ3) is 5.38. The summed E-state index contributed by atoms with van der Waals surface area (Å²) in [4.78, 5) is 41.8. The van der Waals surface area contributed by atoms with Crippen LogP contribution in [0.25, 0.3) is 0 Å². The summed E-state index contributed by atoms with van der Waals surface area (Å²) < 4.78 is 57.7. The number of nitrogens with zero attached hydrogens (tertiary/aromatic N) is 2. The van der Waals surface area contributed by atoms with Gasteiger partial charge in [-0.15, -0.1) is 4.72 Å². The average molecular weight is 576 g/mol. The van der Waals surface area contributed by atoms with Gasteiger partial charge in [0.05, 0.1) is 17.2 Å². The van der Waals surface area contributed by atoms with Crippen molar-refractivity contribution < 1.29 is 32.1 Å². The second-order valence-corrected chi connectivity index (χ2v) is 13.8. The molecule has 11 heteroatoms. The van der Waals surface area contributed by atoms with Gasteiger partial charge in [0.2, 0.25) is 5.91 Å². The van der Waals surface area contributed by atoms with Crippen molar-refractivity contribution in [1.82, 2.24) is 14.5 Å². The lowest BCUT2D eigenvalue weighted by molar-refractivity contribution is -0.136. The van der Waals surface area contributed by atoms with Crippen LogP contribution in [0.15, 0.2) is 36.4 Å². The number of amides is 3. The van der Waals surface area contributed by atoms with E-state index < -0.39 is 51.4 Å². The molecule has 3 aliphatic rings. The number of carbonyl (C=O) groups excluding carboxylic acids is 3. The minimum atomic E-state index is -1.51. The molecule has 2 saturated heterocycles. The summed E-state index contributed by atoms with van der Waals surface area (Å²) in [7, 11) is 0. The monoisotopic (exact) mass is 575 g/mol. The van der Waals surface area contributed by atoms with E-state index in [1.165, 1.54) is 0 Å². The van der Waals surface area contributed by atoms with Crippen LogP contribution in [0.3, 0.4) is 0 Å². The molecule has 0 spiro atoms. The lowest BCUT2D eigenvalue weighted by Gasteiger charge is -2.42. The molecule has 2 aromatic rings. The number of benzene rings is 2. The van der Waals surface area contributed by atoms with Gasteiger partial charge in [0.15, 0.2) is 11.6 Å². The average Bonchev–Trinajstić information content (AvgIpc) is 3.30. The summed E-state index contributed by atoms with van der Waals surface area (Å²) >= 11 is -1.51. The largest absolute Gasteiger partial charge is 0.598 e. The van der Waals surface area contributed by atoms with E-state index in [0.29, 0.717) is 18.9 Å². The fourth-order valence-corrected chi connectivity index (χ4v) is 7.03. The molecule has 2 bridgehead atoms. The highest BCUT2D eigenvalue weighted by Gasteiger charge is 2.48. The topological polar surface area (TPSA) is 92.8 Å². The Balaban J connectivity index is 1.32. The number of imide groups is 1. The first kappa shape index (κ1) is 28.6. The zero-order valence-corrected chi connectivity index (χ0v) is 23.4. The van der Waals surface area contributed by atoms with Crippen LogP contribution in [-0.4, -0.2) is 61.5 Å². The van der Waals surface area contributed by atoms with Crippen molar-refractivity contribution in [2.24, 2.45) is 5.92 Å². The normalized spacial score (nSPS) is 23.9. The molecule has 3 amide bonds. The zero-order valence-electron chi connectivity index (χ0n) is 22.6. The molecule has 7 nitrogen and oxygen atoms in total. The number of rotatable bonds is 7. The molecule has 0 aromatic heterocycles. The van der Waals surface area contributed by atoms with Gasteiger partial charge in [-0.2, -0.15) is 0 Å². The van der Waals surface area contributed by atoms with E-state index in [9.17, 15) is 32.1 Å². The summed E-state index contributed by atoms with van der Waals surface area (Å²) in [6, 6.07) is 6.98. The molecule has 3 heterocycles. The maximum atomic E-state index is 14.6. The highest BCUT2D eigenvalue weighted by molar-refractivity contribution is 7.90. The Bertz CT molecular complexity index is 1300. The molecule has 1 N–H and O–H groups in total. The van der Waals surface area contributed by atoms with Crippen LogP contribution in [0.1, 0.15) is 72.7 Å². The number of hydrogen-bond donors (Lipinski definition) is 1. The van der Waals surface area contributed by atoms with E-state index in [1.54, 1.807) is 49.9 Å². The van der Waals surface area contributed by atoms with Crippen molar-refractivity contribution in [2.75, 3.05) is 6.54 Å². The third-order valence-electron chi connectivity index (χ3n) is 8.14. The van der Waals surface area contributed by atoms with Gasteiger partial charge in [0.1, 0.15) is 17.1 Å². The molecule has 40 heavy (non-hydrogen) atoms. The molecule has 0 radical (unpaired) electrons. The van der Waals surface area contributed by atoms with Gasteiger partial charge >= 0.3 is 0 Å². The Morgan fingerprint density at radius 1 is 1.00 bits per heavy atom. The van der Waals surface area contributed by atoms with Crippen molar-refractivity contribution >= 4 is 29.1 Å². The minimum Gasteiger partial charge on any atom is -0.598 e. The molecular formula is C29H32F3N3O4S. The van der Waals surface area contributed by atoms with Gasteiger partial charge in [-0.1, -0.05) is 12.1 Å². The fourth-order valence-electron chi connectivity index (χ4n) is 6.13. The molecular weight excluding hydrogens is 543 g/mol. The highest BCUT2D eigenvalue weighted by Crippen LogP contribution is 2.41. The summed E-state index contributed by atoms with van der Waals surface area (Å²) in [5.74, 6) is -4.71. The first-order valence-corrected chi connectivity index (χ1v) is 14.6. The Hall–Kier alpha value is -2.89. The fraction of sp³-hybridized carbons (Fsp3) is 0.483. The predicted octanol–water partition coefficient (Wildman–Crippen LogP) is 4.13. The van der Waals surface area contributed by atoms with Gasteiger partial charge in [0.25, 0.3) is 11.8 Å². The third-order valence-corrected chi connectivity index (χ3v) is 9.77. The zero-order chi connectivity index (χ0) is 28.9. The smallest absolute Gasteiger partial charge is 0.262 e. The summed E-state index contributed by atoms with van der Waals surface area (Å²) in [6.45, 7) is 5.06. The number of carbonyl (C=O) groups is 3. The molecule has 0 saturated carbocycles. The van der Waals surface area contributed by atoms with E-state index in [4.69, 9.17) is 0 Å². The van der Waals surface area contributed by atoms with Crippen LogP contribution in [-0.2, 0) is 22.6 Å². The molecule has 5 atom stereocenters. The lowest BCUT2D eigenvalue weighted by Crippen LogP contribution is -2.55. The van der Waals surface area contributed by atoms with E-state index >= 15 is 0 Å². The highest BCUT2D eigenvalue weighted by atomic mass is 32.2. The molecule has 214 valence electrons. The molecule has 2 aromatic carbocycles. The van der Waals surface area contributed by atoms with Crippen molar-refractivity contribution in [3.63, 3.8) is 0 Å². The van der Waals surface area contributed by atoms with Crippen LogP contribution in [0.2, 0.25) is 0 Å². The first-order chi connectivity index (χ1) is 18.8. The maximum absolute atomic E-state index is 14.6. The Labute approximate surface area is 234 Å². The lowest BCUT2D eigenvalue weighted by atomic mass is 9.82. The Morgan fingerprint density at radius 3 is 2.10 bits per heavy atom. The summed E-state index contributed by atoms with van der Waals surface area (Å²) in [6.07, 6.45) is 2.49. The summed E-state index contributed by atoms with van der Waals surface area (Å²) in [5.41, 5.74) is 0.554. The standard InChI is InChI=1S/C29H32F3N3O4S/c1-29(2,3)40(39)33-25(13-16-12-23(31)24(32)14-22(16)30)17-10-18-8-9-19(11-17)35(18)26(36)15-34-27(37)20-6-4-5-7-21(20)28(34)38/h4-7,12,14,17-19,25,33H,8-11,13,15H2,1-3H3/t17?,18-,19+,25-,40?/m1/s1. The van der Waals surface area contributed by atoms with E-state index in [-0.39, 0.29) is 53.6 Å². The van der Waals surface area contributed by atoms with Crippen molar-refractivity contribution in [2.45, 2.75) is 75.7 Å². The molecule has 3 aliphatic heterocycles. The SMILES string of the molecule is CC(C)(C)[S+]([O-])N[C@H](Cc1cc(F)c(F)cc1F)C1C[C@H]2CC[C@@H](C1)N2C(=O)CN1C(=O)c2ccccc2C1=O. The van der Waals surface area contributed by atoms with E-state index in [1.807, 2.05) is 0 Å². The van der Waals surface area contributed by atoms with Crippen LogP contribution in [0.4, 0.5) is 13.2 Å². The number of nitrogens with one attached hydrogen (secondary N) is 1. The predicted molar refractivity (Wildman–Crippen MR) is 143 cm³/mol. The second kappa shape index (κ2) is 10.8. The van der Waals surface area contributed by atoms with E-state index in [2.05, 4.69) is 4.72 Å². The number of fused-ring (bicyclic) bond motifs is 3. The number of piperidine rings is 1. The van der Waals surface area contributed by atoms with Gasteiger partial charge < -0.3 is 9.45 Å². The second-order valence-electron chi connectivity index (χ2n) is 11.8. The van der Waals surface area contributed by atoms with Crippen molar-refractivity contribution in [1.29, 1.82) is 0 Å². The van der Waals surface area contributed by atoms with Crippen LogP contribution in [0, 0.1) is 23.4 Å². The molecule has 2 fully saturated rings. The van der Waals surface area contributed by atoms with Crippen LogP contribution in [0.5, 0.6) is 0 Å². The Morgan fingerprint density at radius 2 is 1.55 bits per heavy atom. The summed E-state index contributed by atoms with van der Waals surface area (Å²) in [5, 5.41) is 0. The van der Waals surface area contributed by atoms with Gasteiger partial charge in [0, 0.05) is 29.5 Å². The van der Waals surface area contributed by atoms with Gasteiger partial charge in [-0.05, 0) is 82.6 Å². The Kier molecular flexibility index (Phi) is 7.75. The van der Waals surface area contributed by atoms with Crippen LogP contribution >= 0.6 is 0 Å². The number of hydrogen-bond acceptors (Lipinski definition) is 5. The van der Waals surface area contributed by atoms with Crippen LogP contribution < -0.4 is 4.72 Å². The maximum Gasteiger partial charge on any atom is 0.262 e. The first-order valence-electron chi connectivity index (χ1n) is 13.4. The number of halogens is 3. The molecule has 5 rings (SSSR count). The quantitative estimate of drug-likeness (QED) is 0.305. The van der Waals surface area contributed by atoms with Gasteiger partial charge in [-0.3, -0.25) is 19.3 Å².